The lowest BCUT2D eigenvalue weighted by Gasteiger charge is -2.28. The Kier molecular flexibility index (Phi) is 6.05. The minimum atomic E-state index is 0.0118. The molecule has 0 bridgehead atoms. The predicted molar refractivity (Wildman–Crippen MR) is 85.7 cm³/mol. The average Bonchev–Trinajstić information content (AvgIpc) is 2.54. The van der Waals surface area contributed by atoms with Crippen molar-refractivity contribution in [2.24, 2.45) is 5.92 Å². The van der Waals surface area contributed by atoms with Gasteiger partial charge in [-0.1, -0.05) is 13.3 Å². The third-order valence-electron chi connectivity index (χ3n) is 4.35. The summed E-state index contributed by atoms with van der Waals surface area (Å²) >= 11 is 0. The Bertz CT molecular complexity index is 437. The third-order valence-corrected chi connectivity index (χ3v) is 4.35. The zero-order valence-corrected chi connectivity index (χ0v) is 13.0. The van der Waals surface area contributed by atoms with Crippen LogP contribution in [-0.2, 0) is 4.79 Å². The lowest BCUT2D eigenvalue weighted by molar-refractivity contribution is -0.115. The molecule has 0 atom stereocenters. The van der Waals surface area contributed by atoms with Crippen LogP contribution in [-0.4, -0.2) is 25.6 Å². The number of carbonyl (C=O) groups is 1. The second-order valence-corrected chi connectivity index (χ2v) is 5.78. The normalized spacial score (nSPS) is 21.8. The number of hydrogen-bond donors (Lipinski definition) is 2. The Morgan fingerprint density at radius 2 is 1.86 bits per heavy atom. The van der Waals surface area contributed by atoms with Crippen LogP contribution < -0.4 is 15.4 Å². The van der Waals surface area contributed by atoms with Crippen molar-refractivity contribution < 1.29 is 9.53 Å². The maximum atomic E-state index is 11.9. The summed E-state index contributed by atoms with van der Waals surface area (Å²) in [5.74, 6) is 1.69. The van der Waals surface area contributed by atoms with Crippen LogP contribution in [0.5, 0.6) is 5.75 Å². The molecule has 116 valence electrons. The summed E-state index contributed by atoms with van der Waals surface area (Å²) in [6.07, 6.45) is 6.23. The topological polar surface area (TPSA) is 50.4 Å². The van der Waals surface area contributed by atoms with Crippen molar-refractivity contribution in [3.63, 3.8) is 0 Å². The first kappa shape index (κ1) is 15.8. The summed E-state index contributed by atoms with van der Waals surface area (Å²) in [6.45, 7) is 2.65. The number of benzene rings is 1. The Morgan fingerprint density at radius 3 is 2.43 bits per heavy atom. The SMILES string of the molecule is CCC1CCC(NCC(=O)Nc2ccc(OC)cc2)CC1. The van der Waals surface area contributed by atoms with Crippen molar-refractivity contribution in [2.75, 3.05) is 19.0 Å². The molecular formula is C17H26N2O2. The van der Waals surface area contributed by atoms with Gasteiger partial charge in [0.2, 0.25) is 5.91 Å². The molecular weight excluding hydrogens is 264 g/mol. The van der Waals surface area contributed by atoms with E-state index >= 15 is 0 Å². The number of nitrogens with one attached hydrogen (secondary N) is 2. The quantitative estimate of drug-likeness (QED) is 0.846. The fraction of sp³-hybridized carbons (Fsp3) is 0.588. The predicted octanol–water partition coefficient (Wildman–Crippen LogP) is 3.19. The van der Waals surface area contributed by atoms with Gasteiger partial charge in [-0.2, -0.15) is 0 Å². The molecule has 1 aromatic carbocycles. The van der Waals surface area contributed by atoms with Crippen LogP contribution in [0.25, 0.3) is 0 Å². The first-order valence-electron chi connectivity index (χ1n) is 7.88. The summed E-state index contributed by atoms with van der Waals surface area (Å²) in [7, 11) is 1.63. The molecule has 0 aliphatic heterocycles. The number of rotatable bonds is 6. The minimum Gasteiger partial charge on any atom is -0.497 e. The lowest BCUT2D eigenvalue weighted by Crippen LogP contribution is -2.38. The van der Waals surface area contributed by atoms with Crippen LogP contribution >= 0.6 is 0 Å². The van der Waals surface area contributed by atoms with Gasteiger partial charge in [0.15, 0.2) is 0 Å². The summed E-state index contributed by atoms with van der Waals surface area (Å²) in [5, 5.41) is 6.27. The molecule has 0 spiro atoms. The molecule has 1 amide bonds. The first-order chi connectivity index (χ1) is 10.2. The minimum absolute atomic E-state index is 0.0118. The molecule has 4 nitrogen and oxygen atoms in total. The number of ether oxygens (including phenoxy) is 1. The number of methoxy groups -OCH3 is 1. The number of hydrogen-bond acceptors (Lipinski definition) is 3. The molecule has 0 aromatic heterocycles. The molecule has 2 rings (SSSR count). The summed E-state index contributed by atoms with van der Waals surface area (Å²) < 4.78 is 5.09. The Hall–Kier alpha value is -1.55. The highest BCUT2D eigenvalue weighted by molar-refractivity contribution is 5.92. The van der Waals surface area contributed by atoms with Crippen molar-refractivity contribution >= 4 is 11.6 Å². The summed E-state index contributed by atoms with van der Waals surface area (Å²) in [5.41, 5.74) is 0.803. The zero-order chi connectivity index (χ0) is 15.1. The maximum absolute atomic E-state index is 11.9. The second kappa shape index (κ2) is 8.03. The van der Waals surface area contributed by atoms with Gasteiger partial charge in [0.1, 0.15) is 5.75 Å². The van der Waals surface area contributed by atoms with Crippen molar-refractivity contribution in [2.45, 2.75) is 45.1 Å². The smallest absolute Gasteiger partial charge is 0.238 e. The number of anilines is 1. The third kappa shape index (κ3) is 5.05. The van der Waals surface area contributed by atoms with Crippen LogP contribution in [0.15, 0.2) is 24.3 Å². The van der Waals surface area contributed by atoms with Crippen molar-refractivity contribution in [3.8, 4) is 5.75 Å². The van der Waals surface area contributed by atoms with Gasteiger partial charge in [-0.05, 0) is 55.9 Å². The van der Waals surface area contributed by atoms with Crippen LogP contribution in [0, 0.1) is 5.92 Å². The van der Waals surface area contributed by atoms with E-state index < -0.39 is 0 Å². The number of carbonyl (C=O) groups excluding carboxylic acids is 1. The van der Waals surface area contributed by atoms with Gasteiger partial charge in [0, 0.05) is 11.7 Å². The average molecular weight is 290 g/mol. The van der Waals surface area contributed by atoms with E-state index in [0.29, 0.717) is 12.6 Å². The first-order valence-corrected chi connectivity index (χ1v) is 7.88. The fourth-order valence-corrected chi connectivity index (χ4v) is 2.89. The van der Waals surface area contributed by atoms with E-state index in [4.69, 9.17) is 4.74 Å². The van der Waals surface area contributed by atoms with E-state index in [2.05, 4.69) is 17.6 Å². The molecule has 0 heterocycles. The molecule has 0 saturated heterocycles. The monoisotopic (exact) mass is 290 g/mol. The summed E-state index contributed by atoms with van der Waals surface area (Å²) in [6, 6.07) is 7.88. The van der Waals surface area contributed by atoms with Crippen LogP contribution in [0.1, 0.15) is 39.0 Å². The van der Waals surface area contributed by atoms with Gasteiger partial charge < -0.3 is 15.4 Å². The Labute approximate surface area is 127 Å². The molecule has 1 aromatic rings. The van der Waals surface area contributed by atoms with Gasteiger partial charge in [0.05, 0.1) is 13.7 Å². The zero-order valence-electron chi connectivity index (χ0n) is 13.0. The van der Waals surface area contributed by atoms with Crippen LogP contribution in [0.3, 0.4) is 0 Å². The molecule has 4 heteroatoms. The van der Waals surface area contributed by atoms with Gasteiger partial charge >= 0.3 is 0 Å². The number of amides is 1. The fourth-order valence-electron chi connectivity index (χ4n) is 2.89. The summed E-state index contributed by atoms with van der Waals surface area (Å²) in [4.78, 5) is 11.9. The highest BCUT2D eigenvalue weighted by Gasteiger charge is 2.19. The van der Waals surface area contributed by atoms with Crippen molar-refractivity contribution in [1.29, 1.82) is 0 Å². The van der Waals surface area contributed by atoms with Crippen LogP contribution in [0.4, 0.5) is 5.69 Å². The molecule has 1 saturated carbocycles. The van der Waals surface area contributed by atoms with Gasteiger partial charge in [-0.25, -0.2) is 0 Å². The molecule has 21 heavy (non-hydrogen) atoms. The van der Waals surface area contributed by atoms with E-state index in [1.54, 1.807) is 7.11 Å². The molecule has 0 unspecified atom stereocenters. The Morgan fingerprint density at radius 1 is 1.19 bits per heavy atom. The lowest BCUT2D eigenvalue weighted by atomic mass is 9.84. The second-order valence-electron chi connectivity index (χ2n) is 5.78. The highest BCUT2D eigenvalue weighted by atomic mass is 16.5. The van der Waals surface area contributed by atoms with Crippen molar-refractivity contribution in [1.82, 2.24) is 5.32 Å². The highest BCUT2D eigenvalue weighted by Crippen LogP contribution is 2.26. The van der Waals surface area contributed by atoms with Crippen molar-refractivity contribution in [3.05, 3.63) is 24.3 Å². The van der Waals surface area contributed by atoms with Gasteiger partial charge in [-0.3, -0.25) is 4.79 Å². The van der Waals surface area contributed by atoms with E-state index in [1.807, 2.05) is 24.3 Å². The van der Waals surface area contributed by atoms with Crippen LogP contribution in [0.2, 0.25) is 0 Å². The molecule has 0 radical (unpaired) electrons. The van der Waals surface area contributed by atoms with E-state index in [-0.39, 0.29) is 5.91 Å². The van der Waals surface area contributed by atoms with E-state index in [9.17, 15) is 4.79 Å². The largest absolute Gasteiger partial charge is 0.497 e. The standard InChI is InChI=1S/C17H26N2O2/c1-3-13-4-6-14(7-5-13)18-12-17(20)19-15-8-10-16(21-2)11-9-15/h8-11,13-14,18H,3-7,12H2,1-2H3,(H,19,20). The Balaban J connectivity index is 1.69. The molecule has 1 fully saturated rings. The van der Waals surface area contributed by atoms with E-state index in [0.717, 1.165) is 17.4 Å². The molecule has 1 aliphatic rings. The van der Waals surface area contributed by atoms with E-state index in [1.165, 1.54) is 32.1 Å². The van der Waals surface area contributed by atoms with Gasteiger partial charge in [0.25, 0.3) is 0 Å². The maximum Gasteiger partial charge on any atom is 0.238 e. The molecule has 1 aliphatic carbocycles. The molecule has 2 N–H and O–H groups in total. The van der Waals surface area contributed by atoms with Gasteiger partial charge in [-0.15, -0.1) is 0 Å².